The Morgan fingerprint density at radius 3 is 2.50 bits per heavy atom. The Kier molecular flexibility index (Phi) is 6.12. The van der Waals surface area contributed by atoms with Crippen molar-refractivity contribution in [3.05, 3.63) is 35.4 Å². The summed E-state index contributed by atoms with van der Waals surface area (Å²) in [6.45, 7) is 6.48. The molecule has 16 heavy (non-hydrogen) atoms. The monoisotopic (exact) mass is 221 g/mol. The number of aliphatic hydroxyl groups excluding tert-OH is 1. The van der Waals surface area contributed by atoms with Crippen molar-refractivity contribution in [2.45, 2.75) is 33.2 Å². The zero-order valence-electron chi connectivity index (χ0n) is 10.4. The predicted molar refractivity (Wildman–Crippen MR) is 68.4 cm³/mol. The fourth-order valence-corrected chi connectivity index (χ4v) is 1.76. The number of benzene rings is 1. The summed E-state index contributed by atoms with van der Waals surface area (Å²) in [5.74, 6) is 0.593. The van der Waals surface area contributed by atoms with E-state index in [9.17, 15) is 0 Å². The number of aliphatic hydroxyl groups is 1. The van der Waals surface area contributed by atoms with E-state index >= 15 is 0 Å². The summed E-state index contributed by atoms with van der Waals surface area (Å²) >= 11 is 0. The van der Waals surface area contributed by atoms with Gasteiger partial charge in [-0.05, 0) is 31.4 Å². The van der Waals surface area contributed by atoms with Crippen LogP contribution in [0.3, 0.4) is 0 Å². The van der Waals surface area contributed by atoms with Gasteiger partial charge < -0.3 is 10.4 Å². The van der Waals surface area contributed by atoms with Crippen LogP contribution in [0.15, 0.2) is 24.3 Å². The van der Waals surface area contributed by atoms with Gasteiger partial charge >= 0.3 is 0 Å². The second-order valence-corrected chi connectivity index (χ2v) is 4.40. The first-order chi connectivity index (χ1) is 7.76. The fourth-order valence-electron chi connectivity index (χ4n) is 1.76. The third-order valence-electron chi connectivity index (χ3n) is 3.00. The SMILES string of the molecule is CCC(CCO)CNCc1ccc(C)cc1. The van der Waals surface area contributed by atoms with Gasteiger partial charge in [0.25, 0.3) is 0 Å². The van der Waals surface area contributed by atoms with Crippen LogP contribution < -0.4 is 5.32 Å². The van der Waals surface area contributed by atoms with Crippen molar-refractivity contribution in [1.29, 1.82) is 0 Å². The van der Waals surface area contributed by atoms with Gasteiger partial charge in [0.1, 0.15) is 0 Å². The summed E-state index contributed by atoms with van der Waals surface area (Å²) in [6.07, 6.45) is 2.03. The molecule has 1 atom stereocenters. The molecule has 1 unspecified atom stereocenters. The van der Waals surface area contributed by atoms with Gasteiger partial charge in [0.05, 0.1) is 0 Å². The molecule has 0 amide bonds. The van der Waals surface area contributed by atoms with E-state index in [1.54, 1.807) is 0 Å². The molecule has 0 aliphatic rings. The highest BCUT2D eigenvalue weighted by atomic mass is 16.3. The van der Waals surface area contributed by atoms with Gasteiger partial charge in [0.15, 0.2) is 0 Å². The molecule has 90 valence electrons. The highest BCUT2D eigenvalue weighted by molar-refractivity contribution is 5.20. The predicted octanol–water partition coefficient (Wildman–Crippen LogP) is 2.49. The number of hydrogen-bond donors (Lipinski definition) is 2. The molecule has 0 aromatic heterocycles. The third-order valence-corrected chi connectivity index (χ3v) is 3.00. The average Bonchev–Trinajstić information content (AvgIpc) is 2.30. The topological polar surface area (TPSA) is 32.3 Å². The first-order valence-electron chi connectivity index (χ1n) is 6.13. The van der Waals surface area contributed by atoms with E-state index in [-0.39, 0.29) is 0 Å². The molecule has 2 nitrogen and oxygen atoms in total. The van der Waals surface area contributed by atoms with Crippen LogP contribution in [0.2, 0.25) is 0 Å². The molecule has 0 saturated carbocycles. The maximum Gasteiger partial charge on any atom is 0.0434 e. The van der Waals surface area contributed by atoms with E-state index in [0.29, 0.717) is 12.5 Å². The van der Waals surface area contributed by atoms with Crippen LogP contribution in [0.1, 0.15) is 30.9 Å². The fraction of sp³-hybridized carbons (Fsp3) is 0.571. The van der Waals surface area contributed by atoms with Gasteiger partial charge in [-0.25, -0.2) is 0 Å². The minimum absolute atomic E-state index is 0.296. The number of nitrogens with one attached hydrogen (secondary N) is 1. The number of rotatable bonds is 7. The largest absolute Gasteiger partial charge is 0.396 e. The van der Waals surface area contributed by atoms with Crippen molar-refractivity contribution < 1.29 is 5.11 Å². The first kappa shape index (κ1) is 13.2. The van der Waals surface area contributed by atoms with Gasteiger partial charge in [-0.3, -0.25) is 0 Å². The number of hydrogen-bond acceptors (Lipinski definition) is 2. The molecule has 1 rings (SSSR count). The molecule has 2 heteroatoms. The maximum absolute atomic E-state index is 8.89. The molecule has 0 heterocycles. The Morgan fingerprint density at radius 1 is 1.25 bits per heavy atom. The van der Waals surface area contributed by atoms with Gasteiger partial charge in [-0.1, -0.05) is 43.2 Å². The summed E-state index contributed by atoms with van der Waals surface area (Å²) in [4.78, 5) is 0. The van der Waals surface area contributed by atoms with Gasteiger partial charge in [0.2, 0.25) is 0 Å². The molecular formula is C14H23NO. The van der Waals surface area contributed by atoms with Crippen LogP contribution in [-0.4, -0.2) is 18.3 Å². The Balaban J connectivity index is 2.26. The van der Waals surface area contributed by atoms with Crippen molar-refractivity contribution in [2.24, 2.45) is 5.92 Å². The summed E-state index contributed by atoms with van der Waals surface area (Å²) < 4.78 is 0. The first-order valence-corrected chi connectivity index (χ1v) is 6.13. The summed E-state index contributed by atoms with van der Waals surface area (Å²) in [7, 11) is 0. The summed E-state index contributed by atoms with van der Waals surface area (Å²) in [6, 6.07) is 8.61. The lowest BCUT2D eigenvalue weighted by molar-refractivity contribution is 0.251. The van der Waals surface area contributed by atoms with E-state index in [1.165, 1.54) is 11.1 Å². The minimum atomic E-state index is 0.296. The van der Waals surface area contributed by atoms with Crippen LogP contribution >= 0.6 is 0 Å². The normalized spacial score (nSPS) is 12.7. The quantitative estimate of drug-likeness (QED) is 0.741. The van der Waals surface area contributed by atoms with Crippen LogP contribution in [0.5, 0.6) is 0 Å². The van der Waals surface area contributed by atoms with E-state index in [4.69, 9.17) is 5.11 Å². The minimum Gasteiger partial charge on any atom is -0.396 e. The molecule has 1 aromatic rings. The highest BCUT2D eigenvalue weighted by Crippen LogP contribution is 2.07. The smallest absolute Gasteiger partial charge is 0.0434 e. The zero-order valence-corrected chi connectivity index (χ0v) is 10.4. The van der Waals surface area contributed by atoms with E-state index in [0.717, 1.165) is 25.9 Å². The average molecular weight is 221 g/mol. The van der Waals surface area contributed by atoms with Gasteiger partial charge in [0, 0.05) is 13.2 Å². The molecule has 0 spiro atoms. The van der Waals surface area contributed by atoms with Crippen LogP contribution in [0.25, 0.3) is 0 Å². The molecule has 0 fully saturated rings. The Hall–Kier alpha value is -0.860. The lowest BCUT2D eigenvalue weighted by atomic mass is 10.0. The molecule has 2 N–H and O–H groups in total. The van der Waals surface area contributed by atoms with Gasteiger partial charge in [-0.2, -0.15) is 0 Å². The van der Waals surface area contributed by atoms with Crippen LogP contribution in [0, 0.1) is 12.8 Å². The Labute approximate surface area is 98.7 Å². The molecular weight excluding hydrogens is 198 g/mol. The zero-order chi connectivity index (χ0) is 11.8. The Morgan fingerprint density at radius 2 is 1.94 bits per heavy atom. The van der Waals surface area contributed by atoms with Crippen LogP contribution in [0.4, 0.5) is 0 Å². The van der Waals surface area contributed by atoms with Crippen molar-refractivity contribution in [2.75, 3.05) is 13.2 Å². The van der Waals surface area contributed by atoms with Crippen LogP contribution in [-0.2, 0) is 6.54 Å². The number of aryl methyl sites for hydroxylation is 1. The van der Waals surface area contributed by atoms with Crippen molar-refractivity contribution in [1.82, 2.24) is 5.32 Å². The molecule has 0 radical (unpaired) electrons. The molecule has 0 saturated heterocycles. The Bertz CT molecular complexity index is 281. The maximum atomic E-state index is 8.89. The van der Waals surface area contributed by atoms with Gasteiger partial charge in [-0.15, -0.1) is 0 Å². The molecule has 1 aromatic carbocycles. The lowest BCUT2D eigenvalue weighted by Crippen LogP contribution is -2.22. The molecule has 0 bridgehead atoms. The van der Waals surface area contributed by atoms with E-state index in [1.807, 2.05) is 0 Å². The highest BCUT2D eigenvalue weighted by Gasteiger charge is 2.04. The van der Waals surface area contributed by atoms with Crippen molar-refractivity contribution >= 4 is 0 Å². The lowest BCUT2D eigenvalue weighted by Gasteiger charge is -2.14. The van der Waals surface area contributed by atoms with E-state index in [2.05, 4.69) is 43.4 Å². The molecule has 0 aliphatic carbocycles. The third kappa shape index (κ3) is 4.77. The summed E-state index contributed by atoms with van der Waals surface area (Å²) in [5.41, 5.74) is 2.62. The second-order valence-electron chi connectivity index (χ2n) is 4.40. The van der Waals surface area contributed by atoms with Crippen molar-refractivity contribution in [3.63, 3.8) is 0 Å². The second kappa shape index (κ2) is 7.42. The summed E-state index contributed by atoms with van der Waals surface area (Å²) in [5, 5.41) is 12.3. The standard InChI is InChI=1S/C14H23NO/c1-3-13(8-9-16)10-15-11-14-6-4-12(2)5-7-14/h4-7,13,15-16H,3,8-11H2,1-2H3. The van der Waals surface area contributed by atoms with E-state index < -0.39 is 0 Å². The molecule has 0 aliphatic heterocycles. The van der Waals surface area contributed by atoms with Crippen molar-refractivity contribution in [3.8, 4) is 0 Å².